The van der Waals surface area contributed by atoms with Crippen molar-refractivity contribution in [2.75, 3.05) is 10.6 Å². The zero-order valence-corrected chi connectivity index (χ0v) is 11.6. The summed E-state index contributed by atoms with van der Waals surface area (Å²) in [5, 5.41) is 7.08. The van der Waals surface area contributed by atoms with Crippen molar-refractivity contribution in [2.24, 2.45) is 0 Å². The molecule has 104 valence electrons. The molecule has 0 saturated heterocycles. The first-order valence-corrected chi connectivity index (χ1v) is 7.75. The molecule has 19 heavy (non-hydrogen) atoms. The zero-order valence-electron chi connectivity index (χ0n) is 11.6. The molecule has 0 spiro atoms. The van der Waals surface area contributed by atoms with E-state index < -0.39 is 0 Å². The molecule has 2 aliphatic rings. The molecular weight excluding hydrogens is 236 g/mol. The van der Waals surface area contributed by atoms with Crippen LogP contribution in [0.3, 0.4) is 0 Å². The Kier molecular flexibility index (Phi) is 4.16. The van der Waals surface area contributed by atoms with Crippen LogP contribution in [-0.2, 0) is 0 Å². The van der Waals surface area contributed by atoms with Crippen LogP contribution in [0.1, 0.15) is 57.8 Å². The molecule has 1 aromatic heterocycles. The van der Waals surface area contributed by atoms with Crippen LogP contribution in [0, 0.1) is 0 Å². The smallest absolute Gasteiger partial charge is 0.131 e. The van der Waals surface area contributed by atoms with Crippen molar-refractivity contribution in [2.45, 2.75) is 69.9 Å². The highest BCUT2D eigenvalue weighted by atomic mass is 15.1. The molecule has 4 nitrogen and oxygen atoms in total. The van der Waals surface area contributed by atoms with Gasteiger partial charge in [0.15, 0.2) is 0 Å². The van der Waals surface area contributed by atoms with E-state index in [1.54, 1.807) is 6.33 Å². The number of rotatable bonds is 4. The summed E-state index contributed by atoms with van der Waals surface area (Å²) in [5.41, 5.74) is 0. The van der Waals surface area contributed by atoms with Gasteiger partial charge in [-0.05, 0) is 25.7 Å². The van der Waals surface area contributed by atoms with Gasteiger partial charge in [-0.3, -0.25) is 0 Å². The molecule has 2 N–H and O–H groups in total. The fourth-order valence-electron chi connectivity index (χ4n) is 3.25. The minimum atomic E-state index is 0.600. The third-order valence-corrected chi connectivity index (χ3v) is 4.33. The summed E-state index contributed by atoms with van der Waals surface area (Å²) >= 11 is 0. The summed E-state index contributed by atoms with van der Waals surface area (Å²) in [6.07, 6.45) is 13.5. The first kappa shape index (κ1) is 12.7. The molecule has 0 aromatic carbocycles. The molecule has 1 aromatic rings. The molecular formula is C15H24N4. The first-order valence-electron chi connectivity index (χ1n) is 7.75. The van der Waals surface area contributed by atoms with Crippen molar-refractivity contribution >= 4 is 11.6 Å². The molecule has 2 fully saturated rings. The van der Waals surface area contributed by atoms with Gasteiger partial charge in [0.05, 0.1) is 0 Å². The summed E-state index contributed by atoms with van der Waals surface area (Å²) in [6.45, 7) is 0. The van der Waals surface area contributed by atoms with E-state index in [0.29, 0.717) is 12.1 Å². The van der Waals surface area contributed by atoms with Gasteiger partial charge in [0, 0.05) is 18.2 Å². The molecule has 0 amide bonds. The second-order valence-electron chi connectivity index (χ2n) is 5.89. The van der Waals surface area contributed by atoms with E-state index in [9.17, 15) is 0 Å². The van der Waals surface area contributed by atoms with E-state index in [1.165, 1.54) is 57.8 Å². The Hall–Kier alpha value is -1.32. The van der Waals surface area contributed by atoms with Gasteiger partial charge in [-0.15, -0.1) is 0 Å². The monoisotopic (exact) mass is 260 g/mol. The van der Waals surface area contributed by atoms with Crippen LogP contribution in [-0.4, -0.2) is 22.1 Å². The van der Waals surface area contributed by atoms with Crippen LogP contribution < -0.4 is 10.6 Å². The average Bonchev–Trinajstić information content (AvgIpc) is 2.93. The molecule has 0 bridgehead atoms. The summed E-state index contributed by atoms with van der Waals surface area (Å²) < 4.78 is 0. The maximum absolute atomic E-state index is 4.35. The summed E-state index contributed by atoms with van der Waals surface area (Å²) in [7, 11) is 0. The Morgan fingerprint density at radius 2 is 1.21 bits per heavy atom. The van der Waals surface area contributed by atoms with Crippen LogP contribution in [0.25, 0.3) is 0 Å². The van der Waals surface area contributed by atoms with Crippen molar-refractivity contribution in [1.82, 2.24) is 9.97 Å². The average molecular weight is 260 g/mol. The van der Waals surface area contributed by atoms with E-state index in [1.807, 2.05) is 0 Å². The van der Waals surface area contributed by atoms with Crippen LogP contribution in [0.5, 0.6) is 0 Å². The van der Waals surface area contributed by atoms with E-state index >= 15 is 0 Å². The van der Waals surface area contributed by atoms with E-state index in [4.69, 9.17) is 0 Å². The Morgan fingerprint density at radius 1 is 0.737 bits per heavy atom. The second-order valence-corrected chi connectivity index (χ2v) is 5.89. The number of hydrogen-bond donors (Lipinski definition) is 2. The fraction of sp³-hybridized carbons (Fsp3) is 0.733. The van der Waals surface area contributed by atoms with Crippen LogP contribution >= 0.6 is 0 Å². The van der Waals surface area contributed by atoms with Crippen LogP contribution in [0.15, 0.2) is 12.4 Å². The van der Waals surface area contributed by atoms with Crippen molar-refractivity contribution in [3.63, 3.8) is 0 Å². The minimum Gasteiger partial charge on any atom is -0.367 e. The second kappa shape index (κ2) is 6.22. The molecule has 4 heteroatoms. The summed E-state index contributed by atoms with van der Waals surface area (Å²) in [6, 6.07) is 3.27. The highest BCUT2D eigenvalue weighted by Gasteiger charge is 2.16. The standard InChI is InChI=1S/C15H24N4/c1-2-6-12(7-3-1)18-14-10-15(17-11-16-14)19-13-8-4-5-9-13/h10-13H,1-9H2,(H2,16,17,18,19). The van der Waals surface area contributed by atoms with Gasteiger partial charge < -0.3 is 10.6 Å². The topological polar surface area (TPSA) is 49.8 Å². The lowest BCUT2D eigenvalue weighted by Crippen LogP contribution is -2.23. The Labute approximate surface area is 115 Å². The molecule has 0 aliphatic heterocycles. The molecule has 3 rings (SSSR count). The normalized spacial score (nSPS) is 21.5. The lowest BCUT2D eigenvalue weighted by molar-refractivity contribution is 0.462. The van der Waals surface area contributed by atoms with E-state index in [-0.39, 0.29) is 0 Å². The van der Waals surface area contributed by atoms with Gasteiger partial charge in [-0.2, -0.15) is 0 Å². The quantitative estimate of drug-likeness (QED) is 0.869. The molecule has 2 saturated carbocycles. The number of hydrogen-bond acceptors (Lipinski definition) is 4. The van der Waals surface area contributed by atoms with Gasteiger partial charge in [0.2, 0.25) is 0 Å². The minimum absolute atomic E-state index is 0.600. The lowest BCUT2D eigenvalue weighted by Gasteiger charge is -2.23. The van der Waals surface area contributed by atoms with Crippen LogP contribution in [0.4, 0.5) is 11.6 Å². The molecule has 0 atom stereocenters. The predicted octanol–water partition coefficient (Wildman–Crippen LogP) is 3.58. The number of anilines is 2. The maximum Gasteiger partial charge on any atom is 0.131 e. The van der Waals surface area contributed by atoms with Gasteiger partial charge in [0.25, 0.3) is 0 Å². The summed E-state index contributed by atoms with van der Waals surface area (Å²) in [4.78, 5) is 8.68. The molecule has 0 unspecified atom stereocenters. The Bertz CT molecular complexity index is 395. The predicted molar refractivity (Wildman–Crippen MR) is 78.4 cm³/mol. The lowest BCUT2D eigenvalue weighted by atomic mass is 9.95. The van der Waals surface area contributed by atoms with Gasteiger partial charge in [0.1, 0.15) is 18.0 Å². The van der Waals surface area contributed by atoms with Gasteiger partial charge in [-0.1, -0.05) is 32.1 Å². The SMILES string of the molecule is c1nc(NC2CCCCC2)cc(NC2CCCC2)n1. The summed E-state index contributed by atoms with van der Waals surface area (Å²) in [5.74, 6) is 1.95. The maximum atomic E-state index is 4.35. The van der Waals surface area contributed by atoms with Crippen molar-refractivity contribution < 1.29 is 0 Å². The molecule has 2 aliphatic carbocycles. The highest BCUT2D eigenvalue weighted by Crippen LogP contribution is 2.23. The number of aromatic nitrogens is 2. The first-order chi connectivity index (χ1) is 9.40. The zero-order chi connectivity index (χ0) is 12.9. The molecule has 1 heterocycles. The van der Waals surface area contributed by atoms with E-state index in [0.717, 1.165) is 11.6 Å². The largest absolute Gasteiger partial charge is 0.367 e. The Balaban J connectivity index is 1.58. The van der Waals surface area contributed by atoms with Gasteiger partial charge in [-0.25, -0.2) is 9.97 Å². The fourth-order valence-corrected chi connectivity index (χ4v) is 3.25. The molecule has 0 radical (unpaired) electrons. The van der Waals surface area contributed by atoms with Crippen molar-refractivity contribution in [3.8, 4) is 0 Å². The van der Waals surface area contributed by atoms with Crippen molar-refractivity contribution in [1.29, 1.82) is 0 Å². The Morgan fingerprint density at radius 3 is 1.74 bits per heavy atom. The van der Waals surface area contributed by atoms with Gasteiger partial charge >= 0.3 is 0 Å². The highest BCUT2D eigenvalue weighted by molar-refractivity contribution is 5.47. The third-order valence-electron chi connectivity index (χ3n) is 4.33. The van der Waals surface area contributed by atoms with Crippen molar-refractivity contribution in [3.05, 3.63) is 12.4 Å². The van der Waals surface area contributed by atoms with Crippen LogP contribution in [0.2, 0.25) is 0 Å². The van der Waals surface area contributed by atoms with E-state index in [2.05, 4.69) is 26.7 Å². The number of nitrogens with zero attached hydrogens (tertiary/aromatic N) is 2. The third kappa shape index (κ3) is 3.58. The number of nitrogens with one attached hydrogen (secondary N) is 2.